The molecule has 0 bridgehead atoms. The minimum absolute atomic E-state index is 0.0173. The number of nitrogens with zero attached hydrogens (tertiary/aromatic N) is 2. The van der Waals surface area contributed by atoms with Gasteiger partial charge in [-0.3, -0.25) is 14.2 Å². The number of thioether (sulfide) groups is 1. The first-order chi connectivity index (χ1) is 13.0. The van der Waals surface area contributed by atoms with E-state index < -0.39 is 0 Å². The van der Waals surface area contributed by atoms with Gasteiger partial charge in [0.05, 0.1) is 11.1 Å². The maximum Gasteiger partial charge on any atom is 0.263 e. The molecule has 0 spiro atoms. The van der Waals surface area contributed by atoms with Gasteiger partial charge in [0.25, 0.3) is 5.56 Å². The highest BCUT2D eigenvalue weighted by Gasteiger charge is 2.16. The van der Waals surface area contributed by atoms with Gasteiger partial charge >= 0.3 is 0 Å². The molecule has 0 aliphatic rings. The molecule has 3 aromatic rings. The van der Waals surface area contributed by atoms with Crippen LogP contribution in [0.2, 0.25) is 0 Å². The number of aromatic nitrogens is 2. The summed E-state index contributed by atoms with van der Waals surface area (Å²) < 4.78 is 1.66. The van der Waals surface area contributed by atoms with E-state index in [-0.39, 0.29) is 17.2 Å². The third-order valence-corrected chi connectivity index (χ3v) is 6.56. The van der Waals surface area contributed by atoms with Crippen molar-refractivity contribution in [3.63, 3.8) is 0 Å². The molecule has 2 heterocycles. The first-order valence-corrected chi connectivity index (χ1v) is 10.8. The molecule has 142 valence electrons. The van der Waals surface area contributed by atoms with Crippen LogP contribution in [0.3, 0.4) is 0 Å². The van der Waals surface area contributed by atoms with E-state index in [0.717, 1.165) is 21.7 Å². The van der Waals surface area contributed by atoms with E-state index in [9.17, 15) is 9.59 Å². The van der Waals surface area contributed by atoms with Crippen LogP contribution < -0.4 is 10.9 Å². The molecule has 1 N–H and O–H groups in total. The second kappa shape index (κ2) is 8.71. The van der Waals surface area contributed by atoms with Gasteiger partial charge in [0.1, 0.15) is 4.83 Å². The lowest BCUT2D eigenvalue weighted by molar-refractivity contribution is -0.118. The van der Waals surface area contributed by atoms with Crippen LogP contribution >= 0.6 is 23.1 Å². The third kappa shape index (κ3) is 4.42. The number of nitrogens with one attached hydrogen (secondary N) is 1. The van der Waals surface area contributed by atoms with Gasteiger partial charge in [0, 0.05) is 18.0 Å². The summed E-state index contributed by atoms with van der Waals surface area (Å²) in [6, 6.07) is 10.1. The second-order valence-corrected chi connectivity index (χ2v) is 8.43. The second-order valence-electron chi connectivity index (χ2n) is 6.28. The van der Waals surface area contributed by atoms with Crippen molar-refractivity contribution in [1.29, 1.82) is 0 Å². The Morgan fingerprint density at radius 1 is 1.26 bits per heavy atom. The van der Waals surface area contributed by atoms with E-state index in [2.05, 4.69) is 10.3 Å². The molecule has 0 unspecified atom stereocenters. The number of amides is 1. The van der Waals surface area contributed by atoms with Crippen LogP contribution in [0.4, 0.5) is 0 Å². The van der Waals surface area contributed by atoms with Crippen molar-refractivity contribution in [3.05, 3.63) is 56.7 Å². The maximum absolute atomic E-state index is 12.8. The summed E-state index contributed by atoms with van der Waals surface area (Å²) in [5, 5.41) is 4.24. The Hall–Kier alpha value is -2.12. The van der Waals surface area contributed by atoms with Crippen LogP contribution in [-0.4, -0.2) is 27.8 Å². The molecule has 1 amide bonds. The number of carbonyl (C=O) groups is 1. The Morgan fingerprint density at radius 2 is 2.00 bits per heavy atom. The third-order valence-electron chi connectivity index (χ3n) is 4.48. The Labute approximate surface area is 166 Å². The first kappa shape index (κ1) is 19.6. The zero-order chi connectivity index (χ0) is 19.4. The summed E-state index contributed by atoms with van der Waals surface area (Å²) in [5.74, 6) is 0.197. The fourth-order valence-corrected chi connectivity index (χ4v) is 4.83. The van der Waals surface area contributed by atoms with Crippen LogP contribution in [0.25, 0.3) is 10.2 Å². The number of hydrogen-bond acceptors (Lipinski definition) is 5. The van der Waals surface area contributed by atoms with Crippen molar-refractivity contribution >= 4 is 39.2 Å². The molecule has 0 atom stereocenters. The Kier molecular flexibility index (Phi) is 6.34. The van der Waals surface area contributed by atoms with Crippen LogP contribution in [0.1, 0.15) is 22.9 Å². The molecule has 0 aliphatic carbocycles. The minimum atomic E-state index is -0.0496. The highest BCUT2D eigenvalue weighted by Crippen LogP contribution is 2.28. The van der Waals surface area contributed by atoms with E-state index in [1.165, 1.54) is 28.7 Å². The lowest BCUT2D eigenvalue weighted by Crippen LogP contribution is -2.28. The molecule has 2 aromatic heterocycles. The number of rotatable bonds is 7. The molecular weight excluding hydrogens is 378 g/mol. The standard InChI is InChI=1S/C20H23N3O2S2/c1-4-23-19(25)17-13(2)14(3)27-18(17)22-20(23)26-12-16(24)21-11-10-15-8-6-5-7-9-15/h5-9H,4,10-12H2,1-3H3,(H,21,24). The molecule has 0 saturated carbocycles. The van der Waals surface area contributed by atoms with Crippen molar-refractivity contribution in [2.75, 3.05) is 12.3 Å². The van der Waals surface area contributed by atoms with Gasteiger partial charge in [0.2, 0.25) is 5.91 Å². The first-order valence-electron chi connectivity index (χ1n) is 8.95. The number of aryl methyl sites for hydroxylation is 2. The van der Waals surface area contributed by atoms with Gasteiger partial charge in [0.15, 0.2) is 5.16 Å². The number of carbonyl (C=O) groups excluding carboxylic acids is 1. The largest absolute Gasteiger partial charge is 0.355 e. The summed E-state index contributed by atoms with van der Waals surface area (Å²) in [7, 11) is 0. The molecular formula is C20H23N3O2S2. The van der Waals surface area contributed by atoms with E-state index >= 15 is 0 Å². The van der Waals surface area contributed by atoms with Gasteiger partial charge in [-0.1, -0.05) is 42.1 Å². The van der Waals surface area contributed by atoms with E-state index in [1.54, 1.807) is 4.57 Å². The number of thiophene rings is 1. The summed E-state index contributed by atoms with van der Waals surface area (Å²) in [5.41, 5.74) is 2.18. The molecule has 27 heavy (non-hydrogen) atoms. The van der Waals surface area contributed by atoms with E-state index in [4.69, 9.17) is 0 Å². The fraction of sp³-hybridized carbons (Fsp3) is 0.350. The lowest BCUT2D eigenvalue weighted by Gasteiger charge is -2.10. The fourth-order valence-electron chi connectivity index (χ4n) is 2.87. The molecule has 0 fully saturated rings. The van der Waals surface area contributed by atoms with Crippen LogP contribution in [0.15, 0.2) is 40.3 Å². The topological polar surface area (TPSA) is 64.0 Å². The summed E-state index contributed by atoms with van der Waals surface area (Å²) in [4.78, 5) is 31.5. The normalized spacial score (nSPS) is 11.1. The van der Waals surface area contributed by atoms with Gasteiger partial charge in [-0.2, -0.15) is 0 Å². The summed E-state index contributed by atoms with van der Waals surface area (Å²) in [6.07, 6.45) is 0.800. The monoisotopic (exact) mass is 401 g/mol. The molecule has 5 nitrogen and oxygen atoms in total. The maximum atomic E-state index is 12.8. The summed E-state index contributed by atoms with van der Waals surface area (Å²) in [6.45, 7) is 7.02. The van der Waals surface area contributed by atoms with Crippen molar-refractivity contribution in [2.45, 2.75) is 38.9 Å². The van der Waals surface area contributed by atoms with Crippen molar-refractivity contribution in [2.24, 2.45) is 0 Å². The SMILES string of the molecule is CCn1c(SCC(=O)NCCc2ccccc2)nc2sc(C)c(C)c2c1=O. The molecule has 1 aromatic carbocycles. The number of fused-ring (bicyclic) bond motifs is 1. The van der Waals surface area contributed by atoms with Gasteiger partial charge in [-0.25, -0.2) is 4.98 Å². The van der Waals surface area contributed by atoms with Gasteiger partial charge < -0.3 is 5.32 Å². The Bertz CT molecular complexity index is 1010. The predicted octanol–water partition coefficient (Wildman–Crippen LogP) is 3.55. The lowest BCUT2D eigenvalue weighted by atomic mass is 10.1. The van der Waals surface area contributed by atoms with Crippen LogP contribution in [-0.2, 0) is 17.8 Å². The highest BCUT2D eigenvalue weighted by molar-refractivity contribution is 7.99. The molecule has 0 radical (unpaired) electrons. The van der Waals surface area contributed by atoms with Crippen molar-refractivity contribution in [3.8, 4) is 0 Å². The van der Waals surface area contributed by atoms with Gasteiger partial charge in [-0.05, 0) is 38.3 Å². The zero-order valence-corrected chi connectivity index (χ0v) is 17.4. The predicted molar refractivity (Wildman–Crippen MR) is 113 cm³/mol. The Morgan fingerprint density at radius 3 is 2.70 bits per heavy atom. The quantitative estimate of drug-likeness (QED) is 0.486. The van der Waals surface area contributed by atoms with Crippen molar-refractivity contribution < 1.29 is 4.79 Å². The van der Waals surface area contributed by atoms with Crippen molar-refractivity contribution in [1.82, 2.24) is 14.9 Å². The smallest absolute Gasteiger partial charge is 0.263 e. The number of hydrogen-bond donors (Lipinski definition) is 1. The molecule has 0 saturated heterocycles. The molecule has 0 aliphatic heterocycles. The Balaban J connectivity index is 1.65. The van der Waals surface area contributed by atoms with E-state index in [0.29, 0.717) is 23.6 Å². The zero-order valence-electron chi connectivity index (χ0n) is 15.7. The minimum Gasteiger partial charge on any atom is -0.355 e. The average Bonchev–Trinajstić information content (AvgIpc) is 2.95. The number of benzene rings is 1. The van der Waals surface area contributed by atoms with Crippen LogP contribution in [0, 0.1) is 13.8 Å². The molecule has 7 heteroatoms. The molecule has 3 rings (SSSR count). The van der Waals surface area contributed by atoms with E-state index in [1.807, 2.05) is 51.1 Å². The highest BCUT2D eigenvalue weighted by atomic mass is 32.2. The van der Waals surface area contributed by atoms with Crippen LogP contribution in [0.5, 0.6) is 0 Å². The summed E-state index contributed by atoms with van der Waals surface area (Å²) >= 11 is 2.85. The van der Waals surface area contributed by atoms with Gasteiger partial charge in [-0.15, -0.1) is 11.3 Å². The average molecular weight is 402 g/mol.